The van der Waals surface area contributed by atoms with E-state index in [2.05, 4.69) is 45.2 Å². The number of rotatable bonds is 4. The van der Waals surface area contributed by atoms with Crippen LogP contribution in [0.15, 0.2) is 30.6 Å². The molecule has 0 saturated carbocycles. The van der Waals surface area contributed by atoms with Crippen molar-refractivity contribution in [2.45, 2.75) is 44.0 Å². The SMILES string of the molecule is Cc1ccc(C2CC(C(=O)N3CC[C@@H](Nc4ncccn4)[C@H](O)C3)NN2)s1. The van der Waals surface area contributed by atoms with Crippen molar-refractivity contribution >= 4 is 23.2 Å². The monoisotopic (exact) mass is 388 g/mol. The number of likely N-dealkylation sites (tertiary alicyclic amines) is 1. The van der Waals surface area contributed by atoms with Crippen molar-refractivity contribution in [3.8, 4) is 0 Å². The number of aromatic nitrogens is 2. The zero-order valence-corrected chi connectivity index (χ0v) is 15.9. The summed E-state index contributed by atoms with van der Waals surface area (Å²) < 4.78 is 0. The van der Waals surface area contributed by atoms with Gasteiger partial charge >= 0.3 is 0 Å². The number of hydrazine groups is 1. The van der Waals surface area contributed by atoms with Gasteiger partial charge in [0.15, 0.2) is 0 Å². The zero-order valence-electron chi connectivity index (χ0n) is 15.1. The number of amides is 1. The molecule has 144 valence electrons. The summed E-state index contributed by atoms with van der Waals surface area (Å²) in [5.74, 6) is 0.531. The zero-order chi connectivity index (χ0) is 18.8. The first kappa shape index (κ1) is 18.3. The van der Waals surface area contributed by atoms with Crippen molar-refractivity contribution < 1.29 is 9.90 Å². The Labute approximate surface area is 162 Å². The Morgan fingerprint density at radius 1 is 1.33 bits per heavy atom. The van der Waals surface area contributed by atoms with E-state index in [0.717, 1.165) is 0 Å². The van der Waals surface area contributed by atoms with Crippen molar-refractivity contribution in [3.05, 3.63) is 40.3 Å². The Balaban J connectivity index is 1.31. The van der Waals surface area contributed by atoms with Crippen molar-refractivity contribution in [2.24, 2.45) is 0 Å². The Kier molecular flexibility index (Phi) is 5.35. The standard InChI is InChI=1S/C18H24N6O2S/c1-11-3-4-16(27-11)13-9-14(23-22-13)17(26)24-8-5-12(15(25)10-24)21-18-19-6-2-7-20-18/h2-4,6-7,12-15,22-23,25H,5,8-10H2,1H3,(H,19,20,21)/t12-,13?,14?,15-/m1/s1. The maximum absolute atomic E-state index is 12.9. The van der Waals surface area contributed by atoms with Crippen molar-refractivity contribution in [1.82, 2.24) is 25.7 Å². The number of carbonyl (C=O) groups is 1. The van der Waals surface area contributed by atoms with E-state index in [1.807, 2.05) is 0 Å². The summed E-state index contributed by atoms with van der Waals surface area (Å²) in [6.07, 6.45) is 4.02. The summed E-state index contributed by atoms with van der Waals surface area (Å²) in [5, 5.41) is 13.6. The Bertz CT molecular complexity index is 785. The lowest BCUT2D eigenvalue weighted by Gasteiger charge is -2.37. The van der Waals surface area contributed by atoms with Gasteiger partial charge in [-0.2, -0.15) is 0 Å². The lowest BCUT2D eigenvalue weighted by atomic mass is 10.00. The van der Waals surface area contributed by atoms with Gasteiger partial charge in [-0.3, -0.25) is 4.79 Å². The molecule has 4 N–H and O–H groups in total. The number of piperidine rings is 1. The topological polar surface area (TPSA) is 102 Å². The summed E-state index contributed by atoms with van der Waals surface area (Å²) in [6.45, 7) is 2.99. The van der Waals surface area contributed by atoms with Crippen LogP contribution >= 0.6 is 11.3 Å². The van der Waals surface area contributed by atoms with Gasteiger partial charge in [0.2, 0.25) is 11.9 Å². The first-order valence-electron chi connectivity index (χ1n) is 9.18. The van der Waals surface area contributed by atoms with Gasteiger partial charge in [0.05, 0.1) is 18.2 Å². The first-order chi connectivity index (χ1) is 13.1. The lowest BCUT2D eigenvalue weighted by Crippen LogP contribution is -2.55. The second kappa shape index (κ2) is 7.89. The highest BCUT2D eigenvalue weighted by molar-refractivity contribution is 7.12. The highest BCUT2D eigenvalue weighted by atomic mass is 32.1. The van der Waals surface area contributed by atoms with E-state index >= 15 is 0 Å². The summed E-state index contributed by atoms with van der Waals surface area (Å²) in [7, 11) is 0. The molecule has 2 saturated heterocycles. The predicted octanol–water partition coefficient (Wildman–Crippen LogP) is 0.828. The molecule has 2 unspecified atom stereocenters. The molecule has 4 atom stereocenters. The van der Waals surface area contributed by atoms with Crippen LogP contribution in [0.25, 0.3) is 0 Å². The van der Waals surface area contributed by atoms with E-state index in [4.69, 9.17) is 0 Å². The number of anilines is 1. The van der Waals surface area contributed by atoms with Gasteiger partial charge in [-0.05, 0) is 38.0 Å². The van der Waals surface area contributed by atoms with Crippen LogP contribution in [0.1, 0.15) is 28.6 Å². The minimum Gasteiger partial charge on any atom is -0.389 e. The third kappa shape index (κ3) is 4.11. The van der Waals surface area contributed by atoms with Gasteiger partial charge in [0.1, 0.15) is 6.04 Å². The van der Waals surface area contributed by atoms with Crippen LogP contribution in [0.4, 0.5) is 5.95 Å². The summed E-state index contributed by atoms with van der Waals surface area (Å²) >= 11 is 1.75. The Morgan fingerprint density at radius 2 is 2.15 bits per heavy atom. The molecule has 27 heavy (non-hydrogen) atoms. The number of carbonyl (C=O) groups excluding carboxylic acids is 1. The quantitative estimate of drug-likeness (QED) is 0.615. The molecule has 2 aliphatic heterocycles. The molecule has 4 heterocycles. The van der Waals surface area contributed by atoms with Gasteiger partial charge in [-0.1, -0.05) is 0 Å². The molecular formula is C18H24N6O2S. The van der Waals surface area contributed by atoms with Crippen molar-refractivity contribution in [1.29, 1.82) is 0 Å². The molecule has 8 nitrogen and oxygen atoms in total. The third-order valence-corrected chi connectivity index (χ3v) is 6.19. The molecule has 2 fully saturated rings. The molecule has 2 aliphatic rings. The van der Waals surface area contributed by atoms with E-state index in [-0.39, 0.29) is 24.0 Å². The van der Waals surface area contributed by atoms with Crippen LogP contribution in [0, 0.1) is 6.92 Å². The minimum absolute atomic E-state index is 0.0340. The molecule has 9 heteroatoms. The van der Waals surface area contributed by atoms with E-state index in [1.165, 1.54) is 9.75 Å². The van der Waals surface area contributed by atoms with Gasteiger partial charge < -0.3 is 15.3 Å². The average molecular weight is 388 g/mol. The second-order valence-electron chi connectivity index (χ2n) is 7.04. The average Bonchev–Trinajstić information content (AvgIpc) is 3.33. The molecule has 2 aromatic rings. The molecule has 0 aliphatic carbocycles. The maximum Gasteiger partial charge on any atom is 0.241 e. The molecule has 0 aromatic carbocycles. The van der Waals surface area contributed by atoms with Crippen LogP contribution in [-0.4, -0.2) is 57.2 Å². The maximum atomic E-state index is 12.9. The fourth-order valence-corrected chi connectivity index (χ4v) is 4.55. The summed E-state index contributed by atoms with van der Waals surface area (Å²) in [6, 6.07) is 5.67. The van der Waals surface area contributed by atoms with E-state index in [0.29, 0.717) is 31.9 Å². The number of hydrogen-bond donors (Lipinski definition) is 4. The lowest BCUT2D eigenvalue weighted by molar-refractivity contribution is -0.136. The van der Waals surface area contributed by atoms with E-state index < -0.39 is 6.10 Å². The molecule has 0 bridgehead atoms. The fourth-order valence-electron chi connectivity index (χ4n) is 3.61. The summed E-state index contributed by atoms with van der Waals surface area (Å²) in [4.78, 5) is 25.4. The normalized spacial score (nSPS) is 28.3. The number of hydrogen-bond acceptors (Lipinski definition) is 8. The second-order valence-corrected chi connectivity index (χ2v) is 8.36. The van der Waals surface area contributed by atoms with Crippen LogP contribution in [0.2, 0.25) is 0 Å². The summed E-state index contributed by atoms with van der Waals surface area (Å²) in [5.41, 5.74) is 6.36. The smallest absolute Gasteiger partial charge is 0.241 e. The molecular weight excluding hydrogens is 364 g/mol. The van der Waals surface area contributed by atoms with Gasteiger partial charge in [0.25, 0.3) is 0 Å². The first-order valence-corrected chi connectivity index (χ1v) is 9.99. The van der Waals surface area contributed by atoms with Crippen LogP contribution in [-0.2, 0) is 4.79 Å². The van der Waals surface area contributed by atoms with E-state index in [1.54, 1.807) is 34.7 Å². The molecule has 0 spiro atoms. The number of nitrogens with one attached hydrogen (secondary N) is 3. The molecule has 0 radical (unpaired) electrons. The number of aliphatic hydroxyl groups is 1. The largest absolute Gasteiger partial charge is 0.389 e. The van der Waals surface area contributed by atoms with Crippen LogP contribution in [0.3, 0.4) is 0 Å². The number of aliphatic hydroxyl groups excluding tert-OH is 1. The minimum atomic E-state index is -0.656. The molecule has 1 amide bonds. The number of β-amino-alcohol motifs (C(OH)–C–C–N with tert-alkyl or cyclic N) is 1. The predicted molar refractivity (Wildman–Crippen MR) is 103 cm³/mol. The fraction of sp³-hybridized carbons (Fsp3) is 0.500. The Morgan fingerprint density at radius 3 is 2.85 bits per heavy atom. The highest BCUT2D eigenvalue weighted by Gasteiger charge is 2.37. The van der Waals surface area contributed by atoms with Crippen molar-refractivity contribution in [2.75, 3.05) is 18.4 Å². The van der Waals surface area contributed by atoms with Gasteiger partial charge in [-0.25, -0.2) is 20.8 Å². The van der Waals surface area contributed by atoms with Gasteiger partial charge in [-0.15, -0.1) is 11.3 Å². The van der Waals surface area contributed by atoms with E-state index in [9.17, 15) is 9.90 Å². The number of thiophene rings is 1. The van der Waals surface area contributed by atoms with Crippen molar-refractivity contribution in [3.63, 3.8) is 0 Å². The van der Waals surface area contributed by atoms with Crippen LogP contribution in [0.5, 0.6) is 0 Å². The van der Waals surface area contributed by atoms with Gasteiger partial charge in [0, 0.05) is 35.2 Å². The molecule has 4 rings (SSSR count). The number of aryl methyl sites for hydroxylation is 1. The Hall–Kier alpha value is -2.07. The highest BCUT2D eigenvalue weighted by Crippen LogP contribution is 2.29. The number of nitrogens with zero attached hydrogens (tertiary/aromatic N) is 3. The molecule has 2 aromatic heterocycles. The third-order valence-electron chi connectivity index (χ3n) is 5.08. The van der Waals surface area contributed by atoms with Crippen LogP contribution < -0.4 is 16.2 Å².